The Kier molecular flexibility index (Phi) is 4.82. The van der Waals surface area contributed by atoms with Crippen molar-refractivity contribution in [3.63, 3.8) is 0 Å². The lowest BCUT2D eigenvalue weighted by Crippen LogP contribution is -2.01. The van der Waals surface area contributed by atoms with E-state index < -0.39 is 0 Å². The van der Waals surface area contributed by atoms with Crippen LogP contribution in [0.1, 0.15) is 11.1 Å². The number of hydrogen-bond acceptors (Lipinski definition) is 3. The van der Waals surface area contributed by atoms with E-state index in [0.717, 1.165) is 27.5 Å². The molecule has 0 unspecified atom stereocenters. The quantitative estimate of drug-likeness (QED) is 0.848. The van der Waals surface area contributed by atoms with Gasteiger partial charge in [-0.15, -0.1) is 11.8 Å². The summed E-state index contributed by atoms with van der Waals surface area (Å²) in [5.41, 5.74) is 7.56. The lowest BCUT2D eigenvalue weighted by Gasteiger charge is -2.08. The van der Waals surface area contributed by atoms with Gasteiger partial charge in [-0.2, -0.15) is 0 Å². The summed E-state index contributed by atoms with van der Waals surface area (Å²) in [6.45, 7) is 0.353. The Hall–Kier alpha value is -1.52. The van der Waals surface area contributed by atoms with Gasteiger partial charge in [0.05, 0.1) is 7.11 Å². The Morgan fingerprint density at radius 2 is 2.00 bits per heavy atom. The Balaban J connectivity index is 2.09. The first-order valence-corrected chi connectivity index (χ1v) is 6.95. The smallest absolute Gasteiger partial charge is 0.123 e. The third-order valence-corrected chi connectivity index (χ3v) is 3.87. The van der Waals surface area contributed by atoms with E-state index in [1.165, 1.54) is 12.1 Å². The molecule has 0 saturated heterocycles. The molecule has 0 fully saturated rings. The SMILES string of the molecule is COc1cccc(SCc2ccc(F)cc2CN)c1. The van der Waals surface area contributed by atoms with E-state index >= 15 is 0 Å². The molecule has 2 aromatic rings. The molecule has 4 heteroatoms. The number of methoxy groups -OCH3 is 1. The minimum absolute atomic E-state index is 0.240. The van der Waals surface area contributed by atoms with Gasteiger partial charge < -0.3 is 10.5 Å². The Bertz CT molecular complexity index is 560. The van der Waals surface area contributed by atoms with Crippen LogP contribution in [0.5, 0.6) is 5.75 Å². The van der Waals surface area contributed by atoms with Crippen molar-refractivity contribution >= 4 is 11.8 Å². The van der Waals surface area contributed by atoms with Gasteiger partial charge in [-0.3, -0.25) is 0 Å². The molecule has 0 amide bonds. The number of rotatable bonds is 5. The highest BCUT2D eigenvalue weighted by atomic mass is 32.2. The monoisotopic (exact) mass is 277 g/mol. The minimum atomic E-state index is -0.240. The second-order valence-electron chi connectivity index (χ2n) is 4.08. The van der Waals surface area contributed by atoms with Crippen molar-refractivity contribution in [2.75, 3.05) is 7.11 Å². The predicted molar refractivity (Wildman–Crippen MR) is 76.8 cm³/mol. The van der Waals surface area contributed by atoms with E-state index in [4.69, 9.17) is 10.5 Å². The molecule has 2 aromatic carbocycles. The van der Waals surface area contributed by atoms with Gasteiger partial charge in [-0.05, 0) is 41.5 Å². The molecule has 0 heterocycles. The summed E-state index contributed by atoms with van der Waals surface area (Å²) in [5, 5.41) is 0. The molecular formula is C15H16FNOS. The van der Waals surface area contributed by atoms with E-state index in [9.17, 15) is 4.39 Å². The lowest BCUT2D eigenvalue weighted by molar-refractivity contribution is 0.413. The van der Waals surface area contributed by atoms with Gasteiger partial charge in [-0.25, -0.2) is 4.39 Å². The van der Waals surface area contributed by atoms with Crippen LogP contribution in [0, 0.1) is 5.82 Å². The largest absolute Gasteiger partial charge is 0.497 e. The summed E-state index contributed by atoms with van der Waals surface area (Å²) < 4.78 is 18.3. The fourth-order valence-corrected chi connectivity index (χ4v) is 2.76. The number of ether oxygens (including phenoxy) is 1. The van der Waals surface area contributed by atoms with Crippen LogP contribution in [0.4, 0.5) is 4.39 Å². The fourth-order valence-electron chi connectivity index (χ4n) is 1.78. The van der Waals surface area contributed by atoms with Gasteiger partial charge in [-0.1, -0.05) is 12.1 Å². The van der Waals surface area contributed by atoms with Crippen LogP contribution in [0.3, 0.4) is 0 Å². The second kappa shape index (κ2) is 6.59. The summed E-state index contributed by atoms with van der Waals surface area (Å²) in [6.07, 6.45) is 0. The molecule has 0 spiro atoms. The molecule has 0 aliphatic heterocycles. The molecule has 2 nitrogen and oxygen atoms in total. The van der Waals surface area contributed by atoms with Crippen molar-refractivity contribution in [3.8, 4) is 5.75 Å². The fraction of sp³-hybridized carbons (Fsp3) is 0.200. The van der Waals surface area contributed by atoms with Gasteiger partial charge in [0, 0.05) is 17.2 Å². The number of halogens is 1. The highest BCUT2D eigenvalue weighted by Gasteiger charge is 2.04. The molecule has 19 heavy (non-hydrogen) atoms. The second-order valence-corrected chi connectivity index (χ2v) is 5.13. The molecule has 100 valence electrons. The third kappa shape index (κ3) is 3.72. The molecule has 0 aromatic heterocycles. The maximum absolute atomic E-state index is 13.1. The molecule has 2 N–H and O–H groups in total. The van der Waals surface area contributed by atoms with E-state index in [1.54, 1.807) is 24.9 Å². The maximum atomic E-state index is 13.1. The first kappa shape index (κ1) is 13.9. The first-order valence-electron chi connectivity index (χ1n) is 5.97. The summed E-state index contributed by atoms with van der Waals surface area (Å²) >= 11 is 1.68. The summed E-state index contributed by atoms with van der Waals surface area (Å²) in [5.74, 6) is 1.36. The van der Waals surface area contributed by atoms with Crippen LogP contribution in [0.25, 0.3) is 0 Å². The molecule has 0 radical (unpaired) electrons. The van der Waals surface area contributed by atoms with Gasteiger partial charge in [0.25, 0.3) is 0 Å². The number of benzene rings is 2. The zero-order chi connectivity index (χ0) is 13.7. The predicted octanol–water partition coefficient (Wildman–Crippen LogP) is 3.59. The average Bonchev–Trinajstić information content (AvgIpc) is 2.46. The number of hydrogen-bond donors (Lipinski definition) is 1. The minimum Gasteiger partial charge on any atom is -0.497 e. The topological polar surface area (TPSA) is 35.2 Å². The number of nitrogens with two attached hydrogens (primary N) is 1. The Morgan fingerprint density at radius 3 is 2.74 bits per heavy atom. The van der Waals surface area contributed by atoms with Crippen molar-refractivity contribution in [3.05, 3.63) is 59.4 Å². The molecule has 0 aliphatic rings. The van der Waals surface area contributed by atoms with Crippen molar-refractivity contribution in [1.82, 2.24) is 0 Å². The van der Waals surface area contributed by atoms with Crippen molar-refractivity contribution in [2.45, 2.75) is 17.2 Å². The van der Waals surface area contributed by atoms with Crippen LogP contribution in [0.15, 0.2) is 47.4 Å². The summed E-state index contributed by atoms with van der Waals surface area (Å²) in [4.78, 5) is 1.12. The van der Waals surface area contributed by atoms with Gasteiger partial charge in [0.15, 0.2) is 0 Å². The van der Waals surface area contributed by atoms with Crippen LogP contribution in [-0.2, 0) is 12.3 Å². The maximum Gasteiger partial charge on any atom is 0.123 e. The normalized spacial score (nSPS) is 10.5. The molecular weight excluding hydrogens is 261 g/mol. The van der Waals surface area contributed by atoms with Crippen molar-refractivity contribution < 1.29 is 9.13 Å². The Labute approximate surface area is 116 Å². The molecule has 0 aliphatic carbocycles. The standard InChI is InChI=1S/C15H16FNOS/c1-18-14-3-2-4-15(8-14)19-10-11-5-6-13(16)7-12(11)9-17/h2-8H,9-10,17H2,1H3. The van der Waals surface area contributed by atoms with Crippen LogP contribution in [-0.4, -0.2) is 7.11 Å². The molecule has 0 saturated carbocycles. The number of thioether (sulfide) groups is 1. The van der Waals surface area contributed by atoms with Crippen molar-refractivity contribution in [2.24, 2.45) is 5.73 Å². The zero-order valence-electron chi connectivity index (χ0n) is 10.7. The lowest BCUT2D eigenvalue weighted by atomic mass is 10.1. The molecule has 2 rings (SSSR count). The zero-order valence-corrected chi connectivity index (χ0v) is 11.5. The summed E-state index contributed by atoms with van der Waals surface area (Å²) in [7, 11) is 1.65. The third-order valence-electron chi connectivity index (χ3n) is 2.82. The first-order chi connectivity index (χ1) is 9.22. The molecule has 0 atom stereocenters. The summed E-state index contributed by atoms with van der Waals surface area (Å²) in [6, 6.07) is 12.6. The highest BCUT2D eigenvalue weighted by molar-refractivity contribution is 7.98. The van der Waals surface area contributed by atoms with Crippen LogP contribution < -0.4 is 10.5 Å². The van der Waals surface area contributed by atoms with E-state index in [0.29, 0.717) is 6.54 Å². The van der Waals surface area contributed by atoms with Crippen LogP contribution in [0.2, 0.25) is 0 Å². The Morgan fingerprint density at radius 1 is 1.16 bits per heavy atom. The van der Waals surface area contributed by atoms with Crippen LogP contribution >= 0.6 is 11.8 Å². The van der Waals surface area contributed by atoms with E-state index in [-0.39, 0.29) is 5.82 Å². The van der Waals surface area contributed by atoms with E-state index in [2.05, 4.69) is 0 Å². The average molecular weight is 277 g/mol. The van der Waals surface area contributed by atoms with Gasteiger partial charge >= 0.3 is 0 Å². The van der Waals surface area contributed by atoms with Crippen molar-refractivity contribution in [1.29, 1.82) is 0 Å². The van der Waals surface area contributed by atoms with Gasteiger partial charge in [0.2, 0.25) is 0 Å². The highest BCUT2D eigenvalue weighted by Crippen LogP contribution is 2.27. The van der Waals surface area contributed by atoms with E-state index in [1.807, 2.05) is 24.3 Å². The van der Waals surface area contributed by atoms with Gasteiger partial charge in [0.1, 0.15) is 11.6 Å². The molecule has 0 bridgehead atoms.